The number of hydrogen-bond acceptors (Lipinski definition) is 4. The number of benzene rings is 2. The van der Waals surface area contributed by atoms with Crippen molar-refractivity contribution in [2.24, 2.45) is 17.8 Å². The highest BCUT2D eigenvalue weighted by atomic mass is 32.1. The minimum Gasteiger partial charge on any atom is -0.493 e. The second-order valence-corrected chi connectivity index (χ2v) is 11.4. The first-order valence-corrected chi connectivity index (χ1v) is 14.6. The van der Waals surface area contributed by atoms with Gasteiger partial charge in [0.05, 0.1) is 14.2 Å². The Balaban J connectivity index is 1.00. The molecule has 1 N–H and O–H groups in total. The molecule has 0 bridgehead atoms. The van der Waals surface area contributed by atoms with Gasteiger partial charge in [0, 0.05) is 38.6 Å². The van der Waals surface area contributed by atoms with Gasteiger partial charge in [-0.3, -0.25) is 4.79 Å². The zero-order valence-corrected chi connectivity index (χ0v) is 23.6. The molecular formula is C31H41N3O3S. The molecule has 2 saturated heterocycles. The number of carbonyl (C=O) groups excluding carboxylic acids is 1. The maximum absolute atomic E-state index is 13.1. The zero-order valence-electron chi connectivity index (χ0n) is 22.7. The van der Waals surface area contributed by atoms with Crippen molar-refractivity contribution in [1.82, 2.24) is 15.1 Å². The Labute approximate surface area is 232 Å². The van der Waals surface area contributed by atoms with Crippen molar-refractivity contribution in [3.63, 3.8) is 0 Å². The van der Waals surface area contributed by atoms with Crippen LogP contribution in [0.15, 0.2) is 48.5 Å². The van der Waals surface area contributed by atoms with Crippen molar-refractivity contribution in [1.29, 1.82) is 0 Å². The molecule has 204 valence electrons. The standard InChI is InChI=1S/C31H41N3O3S/c1-36-28-9-8-22(20-29(28)37-2)10-15-32-31(38)34-18-13-24(14-19-34)23-11-16-33(17-12-23)30(35)27-21-26(27)25-6-4-3-5-7-25/h3-9,20,23-24,26-27H,10-19,21H2,1-2H3,(H,32,38). The van der Waals surface area contributed by atoms with Crippen LogP contribution < -0.4 is 14.8 Å². The molecule has 2 heterocycles. The summed E-state index contributed by atoms with van der Waals surface area (Å²) in [7, 11) is 3.32. The summed E-state index contributed by atoms with van der Waals surface area (Å²) in [4.78, 5) is 17.5. The first kappa shape index (κ1) is 26.8. The molecule has 2 aliphatic heterocycles. The Hall–Kier alpha value is -2.80. The van der Waals surface area contributed by atoms with E-state index in [1.165, 1.54) is 24.0 Å². The van der Waals surface area contributed by atoms with Crippen LogP contribution in [0.5, 0.6) is 11.5 Å². The molecule has 5 rings (SSSR count). The van der Waals surface area contributed by atoms with Crippen molar-refractivity contribution < 1.29 is 14.3 Å². The average molecular weight is 536 g/mol. The van der Waals surface area contributed by atoms with E-state index in [1.54, 1.807) is 14.2 Å². The van der Waals surface area contributed by atoms with Crippen LogP contribution in [0.1, 0.15) is 49.1 Å². The number of ether oxygens (including phenoxy) is 2. The van der Waals surface area contributed by atoms with E-state index in [2.05, 4.69) is 45.4 Å². The fourth-order valence-corrected chi connectivity index (χ4v) is 6.68. The van der Waals surface area contributed by atoms with Crippen LogP contribution in [-0.2, 0) is 11.2 Å². The lowest BCUT2D eigenvalue weighted by molar-refractivity contribution is -0.134. The summed E-state index contributed by atoms with van der Waals surface area (Å²) < 4.78 is 10.7. The van der Waals surface area contributed by atoms with Crippen molar-refractivity contribution in [2.45, 2.75) is 44.4 Å². The van der Waals surface area contributed by atoms with Gasteiger partial charge in [0.25, 0.3) is 0 Å². The van der Waals surface area contributed by atoms with Gasteiger partial charge < -0.3 is 24.6 Å². The zero-order chi connectivity index (χ0) is 26.5. The van der Waals surface area contributed by atoms with Crippen molar-refractivity contribution in [3.8, 4) is 11.5 Å². The van der Waals surface area contributed by atoms with E-state index >= 15 is 0 Å². The molecule has 3 fully saturated rings. The van der Waals surface area contributed by atoms with Gasteiger partial charge in [-0.25, -0.2) is 0 Å². The molecule has 38 heavy (non-hydrogen) atoms. The third-order valence-corrected chi connectivity index (χ3v) is 9.22. The molecule has 7 heteroatoms. The lowest BCUT2D eigenvalue weighted by Gasteiger charge is -2.41. The Morgan fingerprint density at radius 2 is 1.53 bits per heavy atom. The molecule has 0 aromatic heterocycles. The van der Waals surface area contributed by atoms with Crippen LogP contribution in [0.25, 0.3) is 0 Å². The third kappa shape index (κ3) is 6.25. The fraction of sp³-hybridized carbons (Fsp3) is 0.548. The second-order valence-electron chi connectivity index (χ2n) is 11.0. The molecule has 0 radical (unpaired) electrons. The monoisotopic (exact) mass is 535 g/mol. The van der Waals surface area contributed by atoms with Gasteiger partial charge in [0.1, 0.15) is 0 Å². The smallest absolute Gasteiger partial charge is 0.226 e. The number of nitrogens with one attached hydrogen (secondary N) is 1. The lowest BCUT2D eigenvalue weighted by atomic mass is 9.79. The minimum atomic E-state index is 0.206. The quantitative estimate of drug-likeness (QED) is 0.487. The Bertz CT molecular complexity index is 1090. The molecule has 2 aromatic carbocycles. The molecule has 1 saturated carbocycles. The summed E-state index contributed by atoms with van der Waals surface area (Å²) in [6.45, 7) is 4.70. The number of hydrogen-bond donors (Lipinski definition) is 1. The van der Waals surface area contributed by atoms with Crippen LogP contribution in [-0.4, -0.2) is 67.8 Å². The summed E-state index contributed by atoms with van der Waals surface area (Å²) in [6.07, 6.45) is 6.56. The van der Waals surface area contributed by atoms with Crippen LogP contribution in [0.4, 0.5) is 0 Å². The number of piperidine rings is 2. The van der Waals surface area contributed by atoms with Gasteiger partial charge in [0.15, 0.2) is 16.6 Å². The third-order valence-electron chi connectivity index (χ3n) is 8.82. The number of likely N-dealkylation sites (tertiary alicyclic amines) is 2. The predicted octanol–water partition coefficient (Wildman–Crippen LogP) is 4.88. The fourth-order valence-electron chi connectivity index (χ4n) is 6.40. The maximum Gasteiger partial charge on any atom is 0.226 e. The average Bonchev–Trinajstić information content (AvgIpc) is 3.78. The molecule has 1 aliphatic carbocycles. The number of nitrogens with zero attached hydrogens (tertiary/aromatic N) is 2. The first-order chi connectivity index (χ1) is 18.6. The number of rotatable bonds is 8. The number of thiocarbonyl (C=S) groups is 1. The molecule has 2 atom stereocenters. The molecule has 2 aromatic rings. The molecular weight excluding hydrogens is 494 g/mol. The van der Waals surface area contributed by atoms with E-state index in [-0.39, 0.29) is 5.92 Å². The first-order valence-electron chi connectivity index (χ1n) is 14.1. The Morgan fingerprint density at radius 3 is 2.16 bits per heavy atom. The topological polar surface area (TPSA) is 54.0 Å². The van der Waals surface area contributed by atoms with Crippen molar-refractivity contribution in [3.05, 3.63) is 59.7 Å². The van der Waals surface area contributed by atoms with E-state index in [4.69, 9.17) is 21.7 Å². The van der Waals surface area contributed by atoms with Gasteiger partial charge in [-0.05, 0) is 91.8 Å². The van der Waals surface area contributed by atoms with E-state index in [1.807, 2.05) is 18.2 Å². The number of amides is 1. The van der Waals surface area contributed by atoms with E-state index in [0.717, 1.165) is 86.9 Å². The van der Waals surface area contributed by atoms with Crippen LogP contribution in [0, 0.1) is 17.8 Å². The summed E-state index contributed by atoms with van der Waals surface area (Å²) in [5.74, 6) is 4.01. The Morgan fingerprint density at radius 1 is 0.895 bits per heavy atom. The van der Waals surface area contributed by atoms with Crippen molar-refractivity contribution >= 4 is 23.2 Å². The van der Waals surface area contributed by atoms with E-state index in [0.29, 0.717) is 11.8 Å². The van der Waals surface area contributed by atoms with Crippen molar-refractivity contribution in [2.75, 3.05) is 46.9 Å². The highest BCUT2D eigenvalue weighted by molar-refractivity contribution is 7.80. The van der Waals surface area contributed by atoms with Crippen LogP contribution in [0.2, 0.25) is 0 Å². The van der Waals surface area contributed by atoms with Crippen LogP contribution >= 0.6 is 12.2 Å². The highest BCUT2D eigenvalue weighted by Crippen LogP contribution is 2.48. The summed E-state index contributed by atoms with van der Waals surface area (Å²) in [6, 6.07) is 16.6. The molecule has 2 unspecified atom stereocenters. The normalized spacial score (nSPS) is 22.2. The maximum atomic E-state index is 13.1. The van der Waals surface area contributed by atoms with E-state index < -0.39 is 0 Å². The summed E-state index contributed by atoms with van der Waals surface area (Å²) in [5.41, 5.74) is 2.51. The molecule has 6 nitrogen and oxygen atoms in total. The lowest BCUT2D eigenvalue weighted by Crippen LogP contribution is -2.47. The van der Waals surface area contributed by atoms with Crippen LogP contribution in [0.3, 0.4) is 0 Å². The SMILES string of the molecule is COc1ccc(CCNC(=S)N2CCC(C3CCN(C(=O)C4CC4c4ccccc4)CC3)CC2)cc1OC. The molecule has 3 aliphatic rings. The minimum absolute atomic E-state index is 0.206. The summed E-state index contributed by atoms with van der Waals surface area (Å²) in [5, 5.41) is 4.32. The second kappa shape index (κ2) is 12.4. The summed E-state index contributed by atoms with van der Waals surface area (Å²) >= 11 is 5.72. The Kier molecular flexibility index (Phi) is 8.72. The molecule has 1 amide bonds. The predicted molar refractivity (Wildman–Crippen MR) is 155 cm³/mol. The van der Waals surface area contributed by atoms with E-state index in [9.17, 15) is 4.79 Å². The van der Waals surface area contributed by atoms with Gasteiger partial charge in [0.2, 0.25) is 5.91 Å². The van der Waals surface area contributed by atoms with Gasteiger partial charge >= 0.3 is 0 Å². The number of carbonyl (C=O) groups is 1. The molecule has 0 spiro atoms. The van der Waals surface area contributed by atoms with Gasteiger partial charge in [-0.2, -0.15) is 0 Å². The van der Waals surface area contributed by atoms with Gasteiger partial charge in [-0.15, -0.1) is 0 Å². The van der Waals surface area contributed by atoms with Gasteiger partial charge in [-0.1, -0.05) is 36.4 Å². The largest absolute Gasteiger partial charge is 0.493 e. The highest BCUT2D eigenvalue weighted by Gasteiger charge is 2.46. The number of methoxy groups -OCH3 is 2.